The van der Waals surface area contributed by atoms with E-state index in [1.807, 2.05) is 0 Å². The van der Waals surface area contributed by atoms with E-state index in [1.165, 1.54) is 36.4 Å². The van der Waals surface area contributed by atoms with Gasteiger partial charge in [0, 0.05) is 29.8 Å². The Balaban J connectivity index is 0.000000231. The molecule has 0 fully saturated rings. The lowest BCUT2D eigenvalue weighted by atomic mass is 10.2. The number of nitrogens with zero attached hydrogens (tertiary/aromatic N) is 3. The van der Waals surface area contributed by atoms with Crippen LogP contribution < -0.4 is 0 Å². The van der Waals surface area contributed by atoms with Crippen molar-refractivity contribution in [2.24, 2.45) is 0 Å². The van der Waals surface area contributed by atoms with Gasteiger partial charge in [0.1, 0.15) is 6.29 Å². The summed E-state index contributed by atoms with van der Waals surface area (Å²) in [4.78, 5) is 38.6. The fourth-order valence-corrected chi connectivity index (χ4v) is 1.45. The molecule has 0 unspecified atom stereocenters. The number of nitro benzene ring substituents is 3. The van der Waals surface area contributed by atoms with Gasteiger partial charge in [-0.3, -0.25) is 35.1 Å². The maximum absolute atomic E-state index is 10.2. The number of nitro groups is 3. The summed E-state index contributed by atoms with van der Waals surface area (Å²) in [6.45, 7) is 0. The fraction of sp³-hybridized carbons (Fsp3) is 0. The average molecular weight is 319 g/mol. The molecule has 2 rings (SSSR count). The smallest absolute Gasteiger partial charge is 0.298 e. The van der Waals surface area contributed by atoms with E-state index in [2.05, 4.69) is 0 Å². The summed E-state index contributed by atoms with van der Waals surface area (Å²) < 4.78 is 0. The van der Waals surface area contributed by atoms with Gasteiger partial charge in [0.15, 0.2) is 0 Å². The molecule has 0 N–H and O–H groups in total. The molecule has 0 amide bonds. The summed E-state index contributed by atoms with van der Waals surface area (Å²) in [7, 11) is 0. The van der Waals surface area contributed by atoms with E-state index in [-0.39, 0.29) is 5.69 Å². The van der Waals surface area contributed by atoms with Crippen LogP contribution in [0, 0.1) is 30.3 Å². The van der Waals surface area contributed by atoms with Crippen LogP contribution in [0.5, 0.6) is 0 Å². The monoisotopic (exact) mass is 319 g/mol. The molecule has 2 aromatic rings. The second kappa shape index (κ2) is 7.93. The second-order valence-electron chi connectivity index (χ2n) is 3.97. The lowest BCUT2D eigenvalue weighted by Gasteiger charge is -1.91. The predicted octanol–water partition coefficient (Wildman–Crippen LogP) is 2.91. The zero-order chi connectivity index (χ0) is 17.4. The Hall–Kier alpha value is -3.69. The van der Waals surface area contributed by atoms with Gasteiger partial charge in [-0.1, -0.05) is 12.1 Å². The minimum absolute atomic E-state index is 0.00407. The highest BCUT2D eigenvalue weighted by Gasteiger charge is 2.21. The summed E-state index contributed by atoms with van der Waals surface area (Å²) in [6, 6.07) is 10.4. The predicted molar refractivity (Wildman–Crippen MR) is 78.2 cm³/mol. The summed E-state index contributed by atoms with van der Waals surface area (Å²) in [6.07, 6.45) is 0.643. The molecule has 0 radical (unpaired) electrons. The number of para-hydroxylation sites is 2. The number of hydrogen-bond acceptors (Lipinski definition) is 7. The fourth-order valence-electron chi connectivity index (χ4n) is 1.45. The number of non-ortho nitro benzene ring substituents is 1. The highest BCUT2D eigenvalue weighted by molar-refractivity contribution is 5.75. The molecule has 0 aliphatic rings. The minimum Gasteiger partial charge on any atom is -0.298 e. The van der Waals surface area contributed by atoms with E-state index in [1.54, 1.807) is 0 Å². The third-order valence-corrected chi connectivity index (χ3v) is 2.52. The Morgan fingerprint density at radius 1 is 0.696 bits per heavy atom. The zero-order valence-corrected chi connectivity index (χ0v) is 11.4. The van der Waals surface area contributed by atoms with Gasteiger partial charge >= 0.3 is 11.4 Å². The molecule has 2 aromatic carbocycles. The van der Waals surface area contributed by atoms with Crippen LogP contribution in [0.15, 0.2) is 48.5 Å². The topological polar surface area (TPSA) is 146 Å². The third kappa shape index (κ3) is 4.97. The Morgan fingerprint density at radius 3 is 1.43 bits per heavy atom. The molecule has 0 aliphatic heterocycles. The van der Waals surface area contributed by atoms with Crippen LogP contribution in [0.4, 0.5) is 17.1 Å². The van der Waals surface area contributed by atoms with Crippen molar-refractivity contribution in [3.8, 4) is 0 Å². The number of aldehydes is 1. The van der Waals surface area contributed by atoms with Gasteiger partial charge in [-0.25, -0.2) is 0 Å². The molecule has 0 saturated carbocycles. The molecule has 0 atom stereocenters. The lowest BCUT2D eigenvalue weighted by Crippen LogP contribution is -1.95. The van der Waals surface area contributed by atoms with Crippen LogP contribution in [-0.4, -0.2) is 21.1 Å². The second-order valence-corrected chi connectivity index (χ2v) is 3.97. The maximum Gasteiger partial charge on any atom is 0.346 e. The Kier molecular flexibility index (Phi) is 5.98. The summed E-state index contributed by atoms with van der Waals surface area (Å²) in [5.41, 5.74) is -0.531. The van der Waals surface area contributed by atoms with E-state index in [9.17, 15) is 35.1 Å². The largest absolute Gasteiger partial charge is 0.346 e. The van der Waals surface area contributed by atoms with Crippen LogP contribution >= 0.6 is 0 Å². The van der Waals surface area contributed by atoms with Crippen LogP contribution in [0.3, 0.4) is 0 Å². The lowest BCUT2D eigenvalue weighted by molar-refractivity contribution is -0.422. The first-order valence-electron chi connectivity index (χ1n) is 5.94. The summed E-state index contributed by atoms with van der Waals surface area (Å²) >= 11 is 0. The molecule has 0 aliphatic carbocycles. The van der Waals surface area contributed by atoms with Crippen molar-refractivity contribution in [3.05, 3.63) is 84.4 Å². The van der Waals surface area contributed by atoms with Crippen molar-refractivity contribution < 1.29 is 19.6 Å². The Labute approximate surface area is 128 Å². The quantitative estimate of drug-likeness (QED) is 0.478. The number of hydrogen-bond donors (Lipinski definition) is 0. The van der Waals surface area contributed by atoms with Gasteiger partial charge in [-0.15, -0.1) is 0 Å². The normalized spacial score (nSPS) is 9.22. The van der Waals surface area contributed by atoms with Gasteiger partial charge in [-0.05, 0) is 12.1 Å². The van der Waals surface area contributed by atoms with E-state index >= 15 is 0 Å². The van der Waals surface area contributed by atoms with Gasteiger partial charge in [0.25, 0.3) is 5.69 Å². The minimum atomic E-state index is -0.780. The number of carbonyl (C=O) groups is 1. The standard InChI is InChI=1S/C7H5NO3.C6H4N2O4/c9-5-6-1-3-7(4-2-6)8(10)11;9-7(10)5-3-1-2-4-6(5)8(11)12/h1-5H;1-4H. The van der Waals surface area contributed by atoms with Crippen LogP contribution in [0.2, 0.25) is 0 Å². The maximum atomic E-state index is 10.2. The van der Waals surface area contributed by atoms with E-state index in [4.69, 9.17) is 0 Å². The molecule has 118 valence electrons. The third-order valence-electron chi connectivity index (χ3n) is 2.52. The molecule has 10 heteroatoms. The molecule has 23 heavy (non-hydrogen) atoms. The van der Waals surface area contributed by atoms with Gasteiger partial charge < -0.3 is 0 Å². The first-order valence-corrected chi connectivity index (χ1v) is 5.94. The Bertz CT molecular complexity index is 710. The van der Waals surface area contributed by atoms with Crippen molar-refractivity contribution in [3.63, 3.8) is 0 Å². The molecule has 0 saturated heterocycles. The molecule has 0 spiro atoms. The van der Waals surface area contributed by atoms with Crippen molar-refractivity contribution in [2.75, 3.05) is 0 Å². The summed E-state index contributed by atoms with van der Waals surface area (Å²) in [5.74, 6) is 0. The van der Waals surface area contributed by atoms with Crippen LogP contribution in [0.25, 0.3) is 0 Å². The average Bonchev–Trinajstić information content (AvgIpc) is 2.55. The van der Waals surface area contributed by atoms with Crippen molar-refractivity contribution in [2.45, 2.75) is 0 Å². The molecular weight excluding hydrogens is 310 g/mol. The van der Waals surface area contributed by atoms with E-state index < -0.39 is 26.1 Å². The molecule has 0 heterocycles. The first-order chi connectivity index (χ1) is 10.9. The van der Waals surface area contributed by atoms with Crippen molar-refractivity contribution in [1.29, 1.82) is 0 Å². The SMILES string of the molecule is O=Cc1ccc([N+](=O)[O-])cc1.O=[N+]([O-])c1ccccc1[N+](=O)[O-]. The first kappa shape index (κ1) is 17.4. The molecular formula is C13H9N3O7. The van der Waals surface area contributed by atoms with Crippen LogP contribution in [0.1, 0.15) is 10.4 Å². The van der Waals surface area contributed by atoms with Gasteiger partial charge in [0.2, 0.25) is 0 Å². The van der Waals surface area contributed by atoms with Gasteiger partial charge in [0.05, 0.1) is 14.8 Å². The summed E-state index contributed by atoms with van der Waals surface area (Å²) in [5, 5.41) is 30.6. The molecule has 10 nitrogen and oxygen atoms in total. The van der Waals surface area contributed by atoms with Crippen molar-refractivity contribution in [1.82, 2.24) is 0 Å². The van der Waals surface area contributed by atoms with E-state index in [0.717, 1.165) is 12.1 Å². The zero-order valence-electron chi connectivity index (χ0n) is 11.4. The number of benzene rings is 2. The van der Waals surface area contributed by atoms with Crippen LogP contribution in [-0.2, 0) is 0 Å². The molecule has 0 bridgehead atoms. The highest BCUT2D eigenvalue weighted by Crippen LogP contribution is 2.24. The number of rotatable bonds is 4. The van der Waals surface area contributed by atoms with Crippen molar-refractivity contribution >= 4 is 23.3 Å². The number of carbonyl (C=O) groups excluding carboxylic acids is 1. The van der Waals surface area contributed by atoms with Gasteiger partial charge in [-0.2, -0.15) is 0 Å². The van der Waals surface area contributed by atoms with E-state index in [0.29, 0.717) is 11.8 Å². The highest BCUT2D eigenvalue weighted by atomic mass is 16.6. The Morgan fingerprint density at radius 2 is 1.13 bits per heavy atom. The molecule has 0 aromatic heterocycles.